The van der Waals surface area contributed by atoms with Gasteiger partial charge in [-0.05, 0) is 47.4 Å². The number of nitrogens with zero attached hydrogens (tertiary/aromatic N) is 2. The Balaban J connectivity index is 1.39. The van der Waals surface area contributed by atoms with Crippen molar-refractivity contribution in [2.24, 2.45) is 0 Å². The van der Waals surface area contributed by atoms with Gasteiger partial charge < -0.3 is 4.90 Å². The quantitative estimate of drug-likeness (QED) is 0.287. The van der Waals surface area contributed by atoms with E-state index >= 15 is 0 Å². The second-order valence-electron chi connectivity index (χ2n) is 8.30. The molecule has 0 radical (unpaired) electrons. The molecule has 7 heteroatoms. The van der Waals surface area contributed by atoms with Crippen molar-refractivity contribution in [3.05, 3.63) is 83.7 Å². The molecule has 1 fully saturated rings. The number of halogens is 4. The molecular weight excluding hydrogens is 448 g/mol. The van der Waals surface area contributed by atoms with Crippen LogP contribution in [-0.2, 0) is 6.54 Å². The molecule has 1 aliphatic heterocycles. The summed E-state index contributed by atoms with van der Waals surface area (Å²) < 4.78 is 52.6. The minimum Gasteiger partial charge on any atom is -0.367 e. The van der Waals surface area contributed by atoms with Gasteiger partial charge in [0.25, 0.3) is 0 Å². The molecule has 0 bridgehead atoms. The van der Waals surface area contributed by atoms with Crippen molar-refractivity contribution in [3.8, 4) is 11.1 Å². The highest BCUT2D eigenvalue weighted by Gasteiger charge is 2.28. The molecule has 1 saturated heterocycles. The Hall–Kier alpha value is -2.51. The Labute approximate surface area is 196 Å². The summed E-state index contributed by atoms with van der Waals surface area (Å²) >= 11 is 0.714. The summed E-state index contributed by atoms with van der Waals surface area (Å²) in [6, 6.07) is 21.6. The molecule has 0 amide bonds. The lowest BCUT2D eigenvalue weighted by Gasteiger charge is -2.36. The average Bonchev–Trinajstić information content (AvgIpc) is 2.79. The van der Waals surface area contributed by atoms with Crippen LogP contribution in [0.1, 0.15) is 11.1 Å². The van der Waals surface area contributed by atoms with Crippen molar-refractivity contribution < 1.29 is 17.6 Å². The summed E-state index contributed by atoms with van der Waals surface area (Å²) in [6.07, 6.45) is -4.25. The van der Waals surface area contributed by atoms with Gasteiger partial charge in [0.15, 0.2) is 0 Å². The van der Waals surface area contributed by atoms with Gasteiger partial charge in [-0.25, -0.2) is 4.39 Å². The first-order chi connectivity index (χ1) is 15.8. The van der Waals surface area contributed by atoms with E-state index in [2.05, 4.69) is 41.3 Å². The lowest BCUT2D eigenvalue weighted by atomic mass is 10.0. The fourth-order valence-corrected chi connectivity index (χ4v) is 4.89. The van der Waals surface area contributed by atoms with Gasteiger partial charge in [0.2, 0.25) is 0 Å². The fraction of sp³-hybridized carbons (Fsp3) is 0.308. The zero-order valence-electron chi connectivity index (χ0n) is 18.4. The van der Waals surface area contributed by atoms with Gasteiger partial charge in [-0.2, -0.15) is 13.2 Å². The molecule has 0 N–H and O–H groups in total. The van der Waals surface area contributed by atoms with Crippen LogP contribution in [0.5, 0.6) is 0 Å². The predicted octanol–water partition coefficient (Wildman–Crippen LogP) is 6.78. The molecule has 0 aromatic heterocycles. The van der Waals surface area contributed by atoms with Crippen LogP contribution < -0.4 is 4.90 Å². The van der Waals surface area contributed by atoms with Gasteiger partial charge in [0, 0.05) is 37.6 Å². The van der Waals surface area contributed by atoms with Crippen molar-refractivity contribution in [2.75, 3.05) is 36.8 Å². The summed E-state index contributed by atoms with van der Waals surface area (Å²) in [4.78, 5) is 4.74. The van der Waals surface area contributed by atoms with E-state index in [1.807, 2.05) is 23.1 Å². The third kappa shape index (κ3) is 6.30. The normalized spacial score (nSPS) is 15.1. The topological polar surface area (TPSA) is 6.48 Å². The summed E-state index contributed by atoms with van der Waals surface area (Å²) in [7, 11) is 0. The minimum atomic E-state index is -4.25. The van der Waals surface area contributed by atoms with E-state index in [0.717, 1.165) is 19.6 Å². The van der Waals surface area contributed by atoms with E-state index in [-0.39, 0.29) is 5.82 Å². The number of hydrogen-bond donors (Lipinski definition) is 0. The standard InChI is InChI=1S/C26H26F4N2S/c1-19-14-23(27)24(16-25(19)33-18-26(28,29)30)32-12-10-31(11-13-32)17-20-6-5-9-22(15-20)21-7-3-2-4-8-21/h2-9,14-16H,10-13,17-18H2,1H3. The van der Waals surface area contributed by atoms with E-state index in [4.69, 9.17) is 0 Å². The maximum Gasteiger partial charge on any atom is 0.398 e. The highest BCUT2D eigenvalue weighted by atomic mass is 32.2. The zero-order chi connectivity index (χ0) is 23.4. The number of anilines is 1. The third-order valence-electron chi connectivity index (χ3n) is 5.79. The second-order valence-corrected chi connectivity index (χ2v) is 9.32. The number of rotatable bonds is 6. The van der Waals surface area contributed by atoms with Gasteiger partial charge in [-0.15, -0.1) is 11.8 Å². The Morgan fingerprint density at radius 2 is 1.55 bits per heavy atom. The maximum atomic E-state index is 14.7. The fourth-order valence-electron chi connectivity index (χ4n) is 4.08. The Morgan fingerprint density at radius 3 is 2.24 bits per heavy atom. The van der Waals surface area contributed by atoms with Crippen LogP contribution >= 0.6 is 11.8 Å². The number of alkyl halides is 3. The van der Waals surface area contributed by atoms with Crippen molar-refractivity contribution in [1.82, 2.24) is 4.90 Å². The first-order valence-corrected chi connectivity index (χ1v) is 11.9. The summed E-state index contributed by atoms with van der Waals surface area (Å²) in [5, 5.41) is 0. The molecule has 174 valence electrons. The molecule has 1 aliphatic rings. The zero-order valence-corrected chi connectivity index (χ0v) is 19.2. The lowest BCUT2D eigenvalue weighted by molar-refractivity contribution is -0.105. The highest BCUT2D eigenvalue weighted by Crippen LogP contribution is 2.34. The molecule has 3 aromatic rings. The smallest absolute Gasteiger partial charge is 0.367 e. The number of hydrogen-bond acceptors (Lipinski definition) is 3. The molecule has 1 heterocycles. The van der Waals surface area contributed by atoms with Crippen LogP contribution in [0.3, 0.4) is 0 Å². The van der Waals surface area contributed by atoms with Crippen LogP contribution in [0.4, 0.5) is 23.2 Å². The average molecular weight is 475 g/mol. The summed E-state index contributed by atoms with van der Waals surface area (Å²) in [5.41, 5.74) is 4.49. The SMILES string of the molecule is Cc1cc(F)c(N2CCN(Cc3cccc(-c4ccccc4)c3)CC2)cc1SCC(F)(F)F. The molecular formula is C26H26F4N2S. The highest BCUT2D eigenvalue weighted by molar-refractivity contribution is 7.99. The first kappa shape index (κ1) is 23.6. The van der Waals surface area contributed by atoms with Crippen molar-refractivity contribution in [3.63, 3.8) is 0 Å². The van der Waals surface area contributed by atoms with Crippen LogP contribution in [-0.4, -0.2) is 43.0 Å². The van der Waals surface area contributed by atoms with E-state index in [1.54, 1.807) is 13.0 Å². The number of aryl methyl sites for hydroxylation is 1. The minimum absolute atomic E-state index is 0.382. The van der Waals surface area contributed by atoms with Gasteiger partial charge in [-0.1, -0.05) is 48.5 Å². The van der Waals surface area contributed by atoms with Crippen molar-refractivity contribution >= 4 is 17.4 Å². The van der Waals surface area contributed by atoms with E-state index in [1.165, 1.54) is 22.8 Å². The van der Waals surface area contributed by atoms with Gasteiger partial charge >= 0.3 is 6.18 Å². The largest absolute Gasteiger partial charge is 0.398 e. The molecule has 0 unspecified atom stereocenters. The number of benzene rings is 3. The van der Waals surface area contributed by atoms with Crippen LogP contribution in [0.2, 0.25) is 0 Å². The van der Waals surface area contributed by atoms with Crippen LogP contribution in [0, 0.1) is 12.7 Å². The molecule has 0 spiro atoms. The van der Waals surface area contributed by atoms with Crippen molar-refractivity contribution in [1.29, 1.82) is 0 Å². The molecule has 0 aliphatic carbocycles. The molecule has 33 heavy (non-hydrogen) atoms. The number of thioether (sulfide) groups is 1. The second kappa shape index (κ2) is 10.2. The van der Waals surface area contributed by atoms with Crippen LogP contribution in [0.15, 0.2) is 71.6 Å². The monoisotopic (exact) mass is 474 g/mol. The Morgan fingerprint density at radius 1 is 0.848 bits per heavy atom. The summed E-state index contributed by atoms with van der Waals surface area (Å²) in [5.74, 6) is -1.36. The Kier molecular flexibility index (Phi) is 7.29. The van der Waals surface area contributed by atoms with Gasteiger partial charge in [0.05, 0.1) is 11.4 Å². The summed E-state index contributed by atoms with van der Waals surface area (Å²) in [6.45, 7) is 5.22. The molecule has 3 aromatic carbocycles. The predicted molar refractivity (Wildman–Crippen MR) is 127 cm³/mol. The molecule has 2 nitrogen and oxygen atoms in total. The van der Waals surface area contributed by atoms with E-state index in [0.29, 0.717) is 41.0 Å². The molecule has 4 rings (SSSR count). The Bertz CT molecular complexity index is 1080. The first-order valence-electron chi connectivity index (χ1n) is 10.9. The number of piperazine rings is 1. The third-order valence-corrected chi connectivity index (χ3v) is 7.01. The van der Waals surface area contributed by atoms with Gasteiger partial charge in [-0.3, -0.25) is 4.90 Å². The van der Waals surface area contributed by atoms with E-state index in [9.17, 15) is 17.6 Å². The van der Waals surface area contributed by atoms with Crippen molar-refractivity contribution in [2.45, 2.75) is 24.5 Å². The molecule has 0 saturated carbocycles. The van der Waals surface area contributed by atoms with Crippen LogP contribution in [0.25, 0.3) is 11.1 Å². The van der Waals surface area contributed by atoms with Gasteiger partial charge in [0.1, 0.15) is 5.82 Å². The maximum absolute atomic E-state index is 14.7. The lowest BCUT2D eigenvalue weighted by Crippen LogP contribution is -2.46. The van der Waals surface area contributed by atoms with E-state index < -0.39 is 11.9 Å². The molecule has 0 atom stereocenters.